The second kappa shape index (κ2) is 8.58. The van der Waals surface area contributed by atoms with Crippen LogP contribution in [0.2, 0.25) is 0 Å². The molecule has 5 rings (SSSR count). The number of fused-ring (bicyclic) bond motifs is 2. The summed E-state index contributed by atoms with van der Waals surface area (Å²) < 4.78 is 1.69. The van der Waals surface area contributed by atoms with Crippen LogP contribution in [-0.4, -0.2) is 38.9 Å². The van der Waals surface area contributed by atoms with E-state index >= 15 is 0 Å². The number of amides is 2. The molecule has 1 fully saturated rings. The summed E-state index contributed by atoms with van der Waals surface area (Å²) in [4.78, 5) is 42.3. The highest BCUT2D eigenvalue weighted by atomic mass is 16.2. The third kappa shape index (κ3) is 4.02. The van der Waals surface area contributed by atoms with Crippen LogP contribution < -0.4 is 11.4 Å². The number of imidazole rings is 1. The number of carbonyl (C=O) groups is 2. The Kier molecular flexibility index (Phi) is 5.46. The van der Waals surface area contributed by atoms with Gasteiger partial charge in [0.2, 0.25) is 11.8 Å². The fourth-order valence-corrected chi connectivity index (χ4v) is 4.84. The number of carbonyl (C=O) groups excluding carboxylic acids is 2. The van der Waals surface area contributed by atoms with E-state index in [1.54, 1.807) is 15.9 Å². The van der Waals surface area contributed by atoms with Crippen molar-refractivity contribution in [2.75, 3.05) is 6.54 Å². The van der Waals surface area contributed by atoms with Crippen molar-refractivity contribution < 1.29 is 9.59 Å². The molecule has 3 N–H and O–H groups in total. The molecule has 33 heavy (non-hydrogen) atoms. The van der Waals surface area contributed by atoms with Gasteiger partial charge < -0.3 is 15.6 Å². The highest BCUT2D eigenvalue weighted by Gasteiger charge is 2.36. The zero-order valence-electron chi connectivity index (χ0n) is 18.1. The molecule has 2 amide bonds. The predicted octanol–water partition coefficient (Wildman–Crippen LogP) is 2.95. The van der Waals surface area contributed by atoms with E-state index in [1.807, 2.05) is 54.6 Å². The molecule has 0 bridgehead atoms. The summed E-state index contributed by atoms with van der Waals surface area (Å²) >= 11 is 0. The van der Waals surface area contributed by atoms with Crippen LogP contribution in [-0.2, 0) is 16.0 Å². The molecule has 2 unspecified atom stereocenters. The normalized spacial score (nSPS) is 18.6. The molecule has 1 aliphatic rings. The van der Waals surface area contributed by atoms with Crippen molar-refractivity contribution in [1.29, 1.82) is 0 Å². The number of nitrogens with one attached hydrogen (secondary N) is 1. The van der Waals surface area contributed by atoms with Gasteiger partial charge in [-0.25, -0.2) is 4.79 Å². The van der Waals surface area contributed by atoms with Gasteiger partial charge in [-0.15, -0.1) is 0 Å². The van der Waals surface area contributed by atoms with Gasteiger partial charge >= 0.3 is 5.69 Å². The fourth-order valence-electron chi connectivity index (χ4n) is 4.84. The van der Waals surface area contributed by atoms with E-state index in [9.17, 15) is 14.4 Å². The number of hydrogen-bond acceptors (Lipinski definition) is 3. The number of nitrogens with zero attached hydrogens (tertiary/aromatic N) is 2. The van der Waals surface area contributed by atoms with E-state index < -0.39 is 11.9 Å². The van der Waals surface area contributed by atoms with Crippen LogP contribution in [0, 0.1) is 6.42 Å². The molecule has 3 aromatic carbocycles. The molecule has 1 radical (unpaired) electrons. The van der Waals surface area contributed by atoms with Gasteiger partial charge in [-0.3, -0.25) is 14.2 Å². The number of likely N-dealkylation sites (tertiary alicyclic amines) is 1. The van der Waals surface area contributed by atoms with E-state index in [4.69, 9.17) is 5.73 Å². The number of hydrogen-bond donors (Lipinski definition) is 2. The predicted molar refractivity (Wildman–Crippen MR) is 127 cm³/mol. The van der Waals surface area contributed by atoms with Crippen molar-refractivity contribution in [3.8, 4) is 0 Å². The number of aromatic nitrogens is 2. The molecule has 1 saturated heterocycles. The van der Waals surface area contributed by atoms with Crippen LogP contribution in [0.1, 0.15) is 24.4 Å². The first-order chi connectivity index (χ1) is 16.0. The minimum atomic E-state index is -0.760. The Labute approximate surface area is 190 Å². The molecule has 2 atom stereocenters. The van der Waals surface area contributed by atoms with Crippen molar-refractivity contribution in [3.05, 3.63) is 89.2 Å². The van der Waals surface area contributed by atoms with Crippen molar-refractivity contribution in [2.24, 2.45) is 5.73 Å². The maximum atomic E-state index is 13.0. The zero-order valence-corrected chi connectivity index (χ0v) is 18.1. The number of nitrogens with two attached hydrogens (primary N) is 1. The molecule has 167 valence electrons. The van der Waals surface area contributed by atoms with Crippen molar-refractivity contribution in [2.45, 2.75) is 31.3 Å². The number of benzene rings is 3. The van der Waals surface area contributed by atoms with Crippen molar-refractivity contribution in [3.63, 3.8) is 0 Å². The molecule has 7 nitrogen and oxygen atoms in total. The molecule has 0 saturated carbocycles. The lowest BCUT2D eigenvalue weighted by atomic mass is 9.95. The summed E-state index contributed by atoms with van der Waals surface area (Å²) in [6.07, 6.45) is 2.96. The van der Waals surface area contributed by atoms with Gasteiger partial charge in [0.15, 0.2) is 0 Å². The maximum absolute atomic E-state index is 13.0. The Morgan fingerprint density at radius 1 is 1.03 bits per heavy atom. The minimum Gasteiger partial charge on any atom is -0.368 e. The maximum Gasteiger partial charge on any atom is 0.326 e. The first-order valence-corrected chi connectivity index (χ1v) is 11.1. The topological polar surface area (TPSA) is 101 Å². The monoisotopic (exact) mass is 441 g/mol. The van der Waals surface area contributed by atoms with Crippen LogP contribution in [0.5, 0.6) is 0 Å². The van der Waals surface area contributed by atoms with Gasteiger partial charge in [0.1, 0.15) is 6.04 Å². The molecule has 2 heterocycles. The van der Waals surface area contributed by atoms with E-state index in [0.29, 0.717) is 25.8 Å². The van der Waals surface area contributed by atoms with Crippen LogP contribution in [0.15, 0.2) is 71.5 Å². The molecular weight excluding hydrogens is 416 g/mol. The molecule has 7 heteroatoms. The third-order valence-corrected chi connectivity index (χ3v) is 6.50. The van der Waals surface area contributed by atoms with E-state index in [1.165, 1.54) is 0 Å². The third-order valence-electron chi connectivity index (χ3n) is 6.50. The Hall–Kier alpha value is -3.87. The molecule has 1 aliphatic heterocycles. The fraction of sp³-hybridized carbons (Fsp3) is 0.231. The Morgan fingerprint density at radius 2 is 1.79 bits per heavy atom. The summed E-state index contributed by atoms with van der Waals surface area (Å²) in [5, 5.41) is 2.27. The van der Waals surface area contributed by atoms with Crippen LogP contribution in [0.3, 0.4) is 0 Å². The van der Waals surface area contributed by atoms with Crippen LogP contribution >= 0.6 is 0 Å². The second-order valence-corrected chi connectivity index (χ2v) is 8.54. The summed E-state index contributed by atoms with van der Waals surface area (Å²) in [7, 11) is 0. The number of rotatable bonds is 5. The summed E-state index contributed by atoms with van der Waals surface area (Å²) in [5.41, 5.74) is 8.04. The summed E-state index contributed by atoms with van der Waals surface area (Å²) in [5.74, 6) is -0.767. The van der Waals surface area contributed by atoms with Gasteiger partial charge in [0.05, 0.1) is 17.5 Å². The smallest absolute Gasteiger partial charge is 0.326 e. The first kappa shape index (κ1) is 21.0. The average Bonchev–Trinajstić information content (AvgIpc) is 3.17. The lowest BCUT2D eigenvalue weighted by Crippen LogP contribution is -2.53. The minimum absolute atomic E-state index is 0.211. The van der Waals surface area contributed by atoms with Gasteiger partial charge in [0, 0.05) is 12.6 Å². The van der Waals surface area contributed by atoms with E-state index in [-0.39, 0.29) is 17.6 Å². The highest BCUT2D eigenvalue weighted by molar-refractivity contribution is 5.91. The summed E-state index contributed by atoms with van der Waals surface area (Å²) in [6.45, 7) is 0.358. The van der Waals surface area contributed by atoms with Gasteiger partial charge in [-0.2, -0.15) is 0 Å². The van der Waals surface area contributed by atoms with Gasteiger partial charge in [-0.05, 0) is 47.7 Å². The molecule has 1 aromatic heterocycles. The lowest BCUT2D eigenvalue weighted by molar-refractivity contribution is -0.139. The number of aromatic amines is 1. The molecule has 4 aromatic rings. The number of para-hydroxylation sites is 2. The van der Waals surface area contributed by atoms with Crippen molar-refractivity contribution >= 4 is 33.6 Å². The van der Waals surface area contributed by atoms with E-state index in [2.05, 4.69) is 17.1 Å². The number of piperidine rings is 1. The van der Waals surface area contributed by atoms with Crippen molar-refractivity contribution in [1.82, 2.24) is 14.5 Å². The Balaban J connectivity index is 1.31. The largest absolute Gasteiger partial charge is 0.368 e. The lowest BCUT2D eigenvalue weighted by Gasteiger charge is -2.38. The Bertz CT molecular complexity index is 1400. The molecule has 0 spiro atoms. The molecular formula is C26H25N4O3. The quantitative estimate of drug-likeness (QED) is 0.498. The number of primary amides is 1. The van der Waals surface area contributed by atoms with Gasteiger partial charge in [0.25, 0.3) is 0 Å². The van der Waals surface area contributed by atoms with E-state index in [0.717, 1.165) is 27.4 Å². The van der Waals surface area contributed by atoms with Crippen LogP contribution in [0.4, 0.5) is 0 Å². The van der Waals surface area contributed by atoms with Crippen LogP contribution in [0.25, 0.3) is 21.8 Å². The zero-order chi connectivity index (χ0) is 22.9. The Morgan fingerprint density at radius 3 is 2.61 bits per heavy atom. The number of H-pyrrole nitrogens is 1. The SMILES string of the molecule is NC(=O)C1CC(n2c(=O)[nH]c3ccccc32)CCN1C(=O)[CH]Cc1ccc2ccccc2c1. The second-order valence-electron chi connectivity index (χ2n) is 8.54. The average molecular weight is 442 g/mol. The standard InChI is InChI=1S/C26H25N4O3/c27-25(32)23-16-20(30-22-8-4-3-7-21(22)28-26(30)33)13-14-29(23)24(31)12-10-17-9-11-18-5-1-2-6-19(18)15-17/h1-9,11-12,15,20,23H,10,13-14,16H2,(H2,27,32)(H,28,33). The first-order valence-electron chi connectivity index (χ1n) is 11.1. The highest BCUT2D eigenvalue weighted by Crippen LogP contribution is 2.29. The summed E-state index contributed by atoms with van der Waals surface area (Å²) in [6, 6.07) is 20.7. The molecule has 0 aliphatic carbocycles. The van der Waals surface area contributed by atoms with Gasteiger partial charge in [-0.1, -0.05) is 54.6 Å².